The van der Waals surface area contributed by atoms with Crippen molar-refractivity contribution < 1.29 is 37.4 Å². The maximum atomic E-state index is 13.7. The molecule has 2 aromatic carbocycles. The number of hydroxylamine groups is 1. The molecule has 0 spiro atoms. The maximum absolute atomic E-state index is 13.7. The molecule has 2 heterocycles. The predicted molar refractivity (Wildman–Crippen MR) is 128 cm³/mol. The third-order valence-electron chi connectivity index (χ3n) is 6.65. The van der Waals surface area contributed by atoms with E-state index in [9.17, 15) is 22.8 Å². The lowest BCUT2D eigenvalue weighted by Gasteiger charge is -2.43. The van der Waals surface area contributed by atoms with Crippen molar-refractivity contribution in [3.8, 4) is 5.75 Å². The summed E-state index contributed by atoms with van der Waals surface area (Å²) in [5.74, 6) is -3.89. The summed E-state index contributed by atoms with van der Waals surface area (Å²) in [6, 6.07) is 15.1. The molecule has 2 amide bonds. The number of ether oxygens (including phenoxy) is 2. The van der Waals surface area contributed by atoms with Crippen LogP contribution in [0.1, 0.15) is 24.6 Å². The largest absolute Gasteiger partial charge is 0.489 e. The van der Waals surface area contributed by atoms with Gasteiger partial charge in [0.15, 0.2) is 0 Å². The van der Waals surface area contributed by atoms with Crippen molar-refractivity contribution in [3.63, 3.8) is 0 Å². The molecule has 1 aliphatic heterocycles. The van der Waals surface area contributed by atoms with Crippen molar-refractivity contribution in [3.05, 3.63) is 65.9 Å². The Hall–Kier alpha value is -3.70. The Kier molecular flexibility index (Phi) is 7.37. The van der Waals surface area contributed by atoms with Crippen molar-refractivity contribution in [1.82, 2.24) is 10.5 Å². The van der Waals surface area contributed by atoms with Gasteiger partial charge in [0.25, 0.3) is 0 Å². The number of aryl methyl sites for hydroxylation is 1. The number of benzene rings is 2. The second-order valence-electron chi connectivity index (χ2n) is 8.96. The second-order valence-corrected chi connectivity index (χ2v) is 8.96. The molecular formula is C26H26F3N3O5. The molecule has 0 bridgehead atoms. The van der Waals surface area contributed by atoms with Crippen LogP contribution in [0.4, 0.5) is 18.9 Å². The van der Waals surface area contributed by atoms with Crippen molar-refractivity contribution in [1.29, 1.82) is 0 Å². The molecule has 196 valence electrons. The highest BCUT2D eigenvalue weighted by Crippen LogP contribution is 2.40. The van der Waals surface area contributed by atoms with E-state index in [2.05, 4.69) is 4.98 Å². The molecule has 37 heavy (non-hydrogen) atoms. The number of pyridine rings is 1. The van der Waals surface area contributed by atoms with Crippen LogP contribution in [0.15, 0.2) is 54.6 Å². The van der Waals surface area contributed by atoms with Crippen LogP contribution in [0.2, 0.25) is 0 Å². The highest BCUT2D eigenvalue weighted by molar-refractivity contribution is 6.00. The molecule has 4 rings (SSSR count). The van der Waals surface area contributed by atoms with Gasteiger partial charge in [-0.1, -0.05) is 25.1 Å². The number of nitrogens with zero attached hydrogens (tertiary/aromatic N) is 2. The normalized spacial score (nSPS) is 18.4. The van der Waals surface area contributed by atoms with Crippen LogP contribution in [0.25, 0.3) is 10.9 Å². The fraction of sp³-hybridized carbons (Fsp3) is 0.346. The highest BCUT2D eigenvalue weighted by atomic mass is 19.4. The van der Waals surface area contributed by atoms with Crippen LogP contribution in [0.5, 0.6) is 5.75 Å². The van der Waals surface area contributed by atoms with E-state index in [1.165, 1.54) is 36.7 Å². The zero-order valence-corrected chi connectivity index (χ0v) is 20.2. The first-order valence-corrected chi connectivity index (χ1v) is 11.6. The summed E-state index contributed by atoms with van der Waals surface area (Å²) in [4.78, 5) is 29.9. The van der Waals surface area contributed by atoms with Gasteiger partial charge in [0.1, 0.15) is 12.4 Å². The van der Waals surface area contributed by atoms with Gasteiger partial charge < -0.3 is 9.47 Å². The molecule has 2 N–H and O–H groups in total. The lowest BCUT2D eigenvalue weighted by atomic mass is 9.81. The molecule has 1 fully saturated rings. The molecule has 0 radical (unpaired) electrons. The van der Waals surface area contributed by atoms with Crippen LogP contribution in [0, 0.1) is 12.8 Å². The van der Waals surface area contributed by atoms with Gasteiger partial charge in [0.2, 0.25) is 5.91 Å². The molecule has 11 heteroatoms. The van der Waals surface area contributed by atoms with Crippen LogP contribution in [-0.2, 0) is 20.9 Å². The molecule has 8 nitrogen and oxygen atoms in total. The van der Waals surface area contributed by atoms with E-state index in [1.54, 1.807) is 0 Å². The summed E-state index contributed by atoms with van der Waals surface area (Å²) < 4.78 is 52.3. The van der Waals surface area contributed by atoms with E-state index in [0.29, 0.717) is 10.6 Å². The van der Waals surface area contributed by atoms with Gasteiger partial charge in [-0.05, 0) is 49.7 Å². The number of nitrogens with one attached hydrogen (secondary N) is 1. The first-order valence-electron chi connectivity index (χ1n) is 11.6. The summed E-state index contributed by atoms with van der Waals surface area (Å²) in [6.07, 6.45) is -5.24. The van der Waals surface area contributed by atoms with Crippen LogP contribution in [-0.4, -0.2) is 46.9 Å². The van der Waals surface area contributed by atoms with Gasteiger partial charge in [-0.25, -0.2) is 5.48 Å². The molecule has 3 aromatic rings. The SMILES string of the molecule is Cc1cc(COc2ccc(N(C(=O)C(F)(F)F)C3(C(C)C(=O)NO)CCOC3)cc2)c2ccccc2n1. The predicted octanol–water partition coefficient (Wildman–Crippen LogP) is 4.32. The standard InChI is InChI=1S/C26H26F3N3O5/c1-16-13-18(21-5-3-4-6-22(21)30-16)14-37-20-9-7-19(8-10-20)32(24(34)26(27,28)29)25(11-12-36-15-25)17(2)23(33)31-35/h3-10,13,17,35H,11-12,14-15H2,1-2H3,(H,31,33). The molecule has 2 unspecified atom stereocenters. The van der Waals surface area contributed by atoms with E-state index in [0.717, 1.165) is 22.2 Å². The molecule has 0 saturated carbocycles. The minimum Gasteiger partial charge on any atom is -0.489 e. The van der Waals surface area contributed by atoms with Gasteiger partial charge in [-0.15, -0.1) is 0 Å². The summed E-state index contributed by atoms with van der Waals surface area (Å²) >= 11 is 0. The highest BCUT2D eigenvalue weighted by Gasteiger charge is 2.56. The van der Waals surface area contributed by atoms with Gasteiger partial charge in [0, 0.05) is 28.9 Å². The number of alkyl halides is 3. The molecule has 2 atom stereocenters. The van der Waals surface area contributed by atoms with E-state index < -0.39 is 29.4 Å². The Morgan fingerprint density at radius 1 is 1.22 bits per heavy atom. The first-order chi connectivity index (χ1) is 17.6. The van der Waals surface area contributed by atoms with Crippen molar-refractivity contribution in [2.45, 2.75) is 38.6 Å². The zero-order chi connectivity index (χ0) is 26.8. The van der Waals surface area contributed by atoms with Gasteiger partial charge in [-0.2, -0.15) is 13.2 Å². The monoisotopic (exact) mass is 517 g/mol. The number of fused-ring (bicyclic) bond motifs is 1. The van der Waals surface area contributed by atoms with Gasteiger partial charge >= 0.3 is 12.1 Å². The molecule has 1 saturated heterocycles. The number of aromatic nitrogens is 1. The quantitative estimate of drug-likeness (QED) is 0.358. The number of amides is 2. The van der Waals surface area contributed by atoms with E-state index in [1.807, 2.05) is 37.3 Å². The van der Waals surface area contributed by atoms with Crippen LogP contribution < -0.4 is 15.1 Å². The zero-order valence-electron chi connectivity index (χ0n) is 20.2. The average molecular weight is 518 g/mol. The van der Waals surface area contributed by atoms with Crippen molar-refractivity contribution >= 4 is 28.4 Å². The van der Waals surface area contributed by atoms with Crippen molar-refractivity contribution in [2.75, 3.05) is 18.1 Å². The number of rotatable bonds is 7. The fourth-order valence-electron chi connectivity index (χ4n) is 4.69. The van der Waals surface area contributed by atoms with Crippen LogP contribution >= 0.6 is 0 Å². The second kappa shape index (κ2) is 10.3. The lowest BCUT2D eigenvalue weighted by molar-refractivity contribution is -0.172. The van der Waals surface area contributed by atoms with E-state index in [4.69, 9.17) is 14.7 Å². The Bertz CT molecular complexity index is 1290. The third kappa shape index (κ3) is 5.23. The molecule has 1 aromatic heterocycles. The minimum atomic E-state index is -5.21. The number of anilines is 1. The van der Waals surface area contributed by atoms with Crippen molar-refractivity contribution in [2.24, 2.45) is 5.92 Å². The number of hydrogen-bond acceptors (Lipinski definition) is 6. The molecular weight excluding hydrogens is 491 g/mol. The number of carbonyl (C=O) groups excluding carboxylic acids is 2. The topological polar surface area (TPSA) is 101 Å². The maximum Gasteiger partial charge on any atom is 0.471 e. The minimum absolute atomic E-state index is 0.0316. The Morgan fingerprint density at radius 3 is 2.54 bits per heavy atom. The summed E-state index contributed by atoms with van der Waals surface area (Å²) in [5.41, 5.74) is 2.27. The lowest BCUT2D eigenvalue weighted by Crippen LogP contribution is -2.62. The Balaban J connectivity index is 1.64. The third-order valence-corrected chi connectivity index (χ3v) is 6.65. The summed E-state index contributed by atoms with van der Waals surface area (Å²) in [5, 5.41) is 10.0. The smallest absolute Gasteiger partial charge is 0.471 e. The van der Waals surface area contributed by atoms with Gasteiger partial charge in [-0.3, -0.25) is 24.7 Å². The Morgan fingerprint density at radius 2 is 1.92 bits per heavy atom. The molecule has 0 aliphatic carbocycles. The number of halogens is 3. The van der Waals surface area contributed by atoms with E-state index in [-0.39, 0.29) is 31.9 Å². The summed E-state index contributed by atoms with van der Waals surface area (Å²) in [7, 11) is 0. The van der Waals surface area contributed by atoms with Crippen LogP contribution in [0.3, 0.4) is 0 Å². The number of hydrogen-bond donors (Lipinski definition) is 2. The average Bonchev–Trinajstić information content (AvgIpc) is 3.37. The van der Waals surface area contributed by atoms with Gasteiger partial charge in [0.05, 0.1) is 23.6 Å². The first kappa shape index (κ1) is 26.4. The van der Waals surface area contributed by atoms with E-state index >= 15 is 0 Å². The number of carbonyl (C=O) groups is 2. The molecule has 1 aliphatic rings. The Labute approximate surface area is 211 Å². The fourth-order valence-corrected chi connectivity index (χ4v) is 4.69. The number of para-hydroxylation sites is 1. The summed E-state index contributed by atoms with van der Waals surface area (Å²) in [6.45, 7) is 3.15.